The van der Waals surface area contributed by atoms with E-state index in [1.165, 1.54) is 24.0 Å². The zero-order chi connectivity index (χ0) is 14.8. The lowest BCUT2D eigenvalue weighted by Gasteiger charge is -2.27. The van der Waals surface area contributed by atoms with Gasteiger partial charge in [0.15, 0.2) is 0 Å². The molecule has 3 nitrogen and oxygen atoms in total. The summed E-state index contributed by atoms with van der Waals surface area (Å²) in [5, 5.41) is 0.725. The molecule has 21 heavy (non-hydrogen) atoms. The third-order valence-electron chi connectivity index (χ3n) is 3.77. The van der Waals surface area contributed by atoms with Crippen molar-refractivity contribution < 1.29 is 4.39 Å². The number of hydrogen-bond acceptors (Lipinski definition) is 3. The lowest BCUT2D eigenvalue weighted by molar-refractivity contribution is 0.629. The number of anilines is 1. The summed E-state index contributed by atoms with van der Waals surface area (Å²) < 4.78 is 13.5. The van der Waals surface area contributed by atoms with Gasteiger partial charge in [-0.05, 0) is 30.7 Å². The molecular weight excluding hydrogens is 265 g/mol. The molecule has 0 N–H and O–H groups in total. The molecule has 0 bridgehead atoms. The molecule has 1 unspecified atom stereocenters. The summed E-state index contributed by atoms with van der Waals surface area (Å²) in [4.78, 5) is 10.6. The number of fused-ring (bicyclic) bond motifs is 1. The van der Waals surface area contributed by atoms with Crippen molar-refractivity contribution in [3.63, 3.8) is 0 Å². The van der Waals surface area contributed by atoms with Crippen LogP contribution in [0.4, 0.5) is 10.2 Å². The Morgan fingerprint density at radius 2 is 1.81 bits per heavy atom. The number of benzene rings is 2. The number of halogens is 1. The molecule has 4 heteroatoms. The van der Waals surface area contributed by atoms with Gasteiger partial charge in [-0.3, -0.25) is 0 Å². The minimum Gasteiger partial charge on any atom is -0.352 e. The first kappa shape index (κ1) is 13.5. The van der Waals surface area contributed by atoms with Crippen LogP contribution >= 0.6 is 0 Å². The zero-order valence-corrected chi connectivity index (χ0v) is 12.0. The minimum atomic E-state index is -0.278. The van der Waals surface area contributed by atoms with Gasteiger partial charge in [0.25, 0.3) is 0 Å². The van der Waals surface area contributed by atoms with Crippen LogP contribution in [0.2, 0.25) is 0 Å². The van der Waals surface area contributed by atoms with Crippen LogP contribution in [0.3, 0.4) is 0 Å². The van der Waals surface area contributed by atoms with Gasteiger partial charge in [-0.2, -0.15) is 0 Å². The van der Waals surface area contributed by atoms with Crippen molar-refractivity contribution in [1.82, 2.24) is 9.97 Å². The van der Waals surface area contributed by atoms with Gasteiger partial charge in [0, 0.05) is 12.4 Å². The second kappa shape index (κ2) is 5.48. The maximum atomic E-state index is 13.5. The summed E-state index contributed by atoms with van der Waals surface area (Å²) in [6.07, 6.45) is 1.52. The molecule has 2 aromatic carbocycles. The maximum Gasteiger partial charge on any atom is 0.140 e. The molecule has 1 heterocycles. The van der Waals surface area contributed by atoms with Crippen LogP contribution in [0.15, 0.2) is 54.9 Å². The Bertz CT molecular complexity index is 758. The second-order valence-corrected chi connectivity index (χ2v) is 5.06. The fourth-order valence-corrected chi connectivity index (χ4v) is 2.43. The lowest BCUT2D eigenvalue weighted by Crippen LogP contribution is -2.23. The highest BCUT2D eigenvalue weighted by atomic mass is 19.1. The molecule has 0 amide bonds. The van der Waals surface area contributed by atoms with E-state index in [0.717, 1.165) is 16.7 Å². The van der Waals surface area contributed by atoms with Crippen LogP contribution in [0.25, 0.3) is 10.9 Å². The summed E-state index contributed by atoms with van der Waals surface area (Å²) >= 11 is 0. The normalized spacial score (nSPS) is 12.3. The predicted molar refractivity (Wildman–Crippen MR) is 82.8 cm³/mol. The van der Waals surface area contributed by atoms with Gasteiger partial charge < -0.3 is 4.90 Å². The maximum absolute atomic E-state index is 13.5. The van der Waals surface area contributed by atoms with E-state index in [-0.39, 0.29) is 11.9 Å². The zero-order valence-electron chi connectivity index (χ0n) is 12.0. The number of hydrogen-bond donors (Lipinski definition) is 0. The molecule has 3 rings (SSSR count). The van der Waals surface area contributed by atoms with Crippen LogP contribution < -0.4 is 4.90 Å². The average molecular weight is 281 g/mol. The van der Waals surface area contributed by atoms with Crippen molar-refractivity contribution in [3.05, 3.63) is 66.2 Å². The van der Waals surface area contributed by atoms with Gasteiger partial charge >= 0.3 is 0 Å². The van der Waals surface area contributed by atoms with Crippen LogP contribution in [0.1, 0.15) is 18.5 Å². The molecule has 0 saturated heterocycles. The molecule has 0 aliphatic carbocycles. The monoisotopic (exact) mass is 281 g/mol. The van der Waals surface area contributed by atoms with Gasteiger partial charge in [0.1, 0.15) is 18.0 Å². The van der Waals surface area contributed by atoms with Crippen molar-refractivity contribution in [2.75, 3.05) is 11.9 Å². The number of nitrogens with zero attached hydrogens (tertiary/aromatic N) is 3. The first-order chi connectivity index (χ1) is 10.2. The van der Waals surface area contributed by atoms with Crippen molar-refractivity contribution >= 4 is 16.7 Å². The lowest BCUT2D eigenvalue weighted by atomic mass is 10.1. The fraction of sp³-hybridized carbons (Fsp3) is 0.176. The molecule has 0 aliphatic rings. The molecule has 0 saturated carbocycles. The SMILES string of the molecule is CC(c1ccccc1)N(C)c1ncnc2ccc(F)cc12. The van der Waals surface area contributed by atoms with Crippen molar-refractivity contribution in [1.29, 1.82) is 0 Å². The standard InChI is InChI=1S/C17H16FN3/c1-12(13-6-4-3-5-7-13)21(2)17-15-10-14(18)8-9-16(15)19-11-20-17/h3-12H,1-2H3. The smallest absolute Gasteiger partial charge is 0.140 e. The van der Waals surface area contributed by atoms with E-state index in [4.69, 9.17) is 0 Å². The quantitative estimate of drug-likeness (QED) is 0.727. The van der Waals surface area contributed by atoms with Gasteiger partial charge in [0.2, 0.25) is 0 Å². The summed E-state index contributed by atoms with van der Waals surface area (Å²) in [7, 11) is 1.96. The summed E-state index contributed by atoms with van der Waals surface area (Å²) in [6.45, 7) is 2.10. The third-order valence-corrected chi connectivity index (χ3v) is 3.77. The Morgan fingerprint density at radius 1 is 1.05 bits per heavy atom. The fourth-order valence-electron chi connectivity index (χ4n) is 2.43. The highest BCUT2D eigenvalue weighted by molar-refractivity contribution is 5.89. The van der Waals surface area contributed by atoms with Crippen LogP contribution in [-0.2, 0) is 0 Å². The highest BCUT2D eigenvalue weighted by Crippen LogP contribution is 2.29. The Balaban J connectivity index is 2.05. The van der Waals surface area contributed by atoms with E-state index in [1.54, 1.807) is 6.07 Å². The Hall–Kier alpha value is -2.49. The first-order valence-electron chi connectivity index (χ1n) is 6.85. The molecule has 106 valence electrons. The summed E-state index contributed by atoms with van der Waals surface area (Å²) in [5.41, 5.74) is 1.93. The highest BCUT2D eigenvalue weighted by Gasteiger charge is 2.16. The van der Waals surface area contributed by atoms with Crippen molar-refractivity contribution in [2.45, 2.75) is 13.0 Å². The molecule has 0 aliphatic heterocycles. The third kappa shape index (κ3) is 2.57. The van der Waals surface area contributed by atoms with Crippen LogP contribution in [0.5, 0.6) is 0 Å². The first-order valence-corrected chi connectivity index (χ1v) is 6.85. The van der Waals surface area contributed by atoms with E-state index in [1.807, 2.05) is 30.1 Å². The largest absolute Gasteiger partial charge is 0.352 e. The van der Waals surface area contributed by atoms with Gasteiger partial charge in [-0.1, -0.05) is 30.3 Å². The van der Waals surface area contributed by atoms with E-state index in [2.05, 4.69) is 29.0 Å². The van der Waals surface area contributed by atoms with Crippen molar-refractivity contribution in [3.8, 4) is 0 Å². The summed E-state index contributed by atoms with van der Waals surface area (Å²) in [5.74, 6) is 0.454. The topological polar surface area (TPSA) is 29.0 Å². The van der Waals surface area contributed by atoms with E-state index < -0.39 is 0 Å². The molecule has 0 spiro atoms. The van der Waals surface area contributed by atoms with E-state index in [0.29, 0.717) is 0 Å². The second-order valence-electron chi connectivity index (χ2n) is 5.06. The van der Waals surface area contributed by atoms with Crippen molar-refractivity contribution in [2.24, 2.45) is 0 Å². The van der Waals surface area contributed by atoms with Crippen LogP contribution in [-0.4, -0.2) is 17.0 Å². The Kier molecular flexibility index (Phi) is 3.52. The Labute approximate surface area is 123 Å². The number of rotatable bonds is 3. The average Bonchev–Trinajstić information content (AvgIpc) is 2.53. The predicted octanol–water partition coefficient (Wildman–Crippen LogP) is 3.97. The van der Waals surface area contributed by atoms with E-state index >= 15 is 0 Å². The van der Waals surface area contributed by atoms with Gasteiger partial charge in [-0.15, -0.1) is 0 Å². The molecule has 1 atom stereocenters. The van der Waals surface area contributed by atoms with Gasteiger partial charge in [-0.25, -0.2) is 14.4 Å². The number of aromatic nitrogens is 2. The van der Waals surface area contributed by atoms with E-state index in [9.17, 15) is 4.39 Å². The molecule has 0 fully saturated rings. The molecule has 0 radical (unpaired) electrons. The molecule has 3 aromatic rings. The molecule has 1 aromatic heterocycles. The van der Waals surface area contributed by atoms with Crippen LogP contribution in [0, 0.1) is 5.82 Å². The molecular formula is C17H16FN3. The summed E-state index contributed by atoms with van der Waals surface area (Å²) in [6, 6.07) is 14.9. The minimum absolute atomic E-state index is 0.132. The Morgan fingerprint density at radius 3 is 2.57 bits per heavy atom. The van der Waals surface area contributed by atoms with Gasteiger partial charge in [0.05, 0.1) is 11.6 Å².